The first-order valence-corrected chi connectivity index (χ1v) is 5.28. The van der Waals surface area contributed by atoms with Crippen molar-refractivity contribution < 1.29 is 19.4 Å². The molecule has 1 aromatic rings. The number of ether oxygens (including phenoxy) is 2. The Morgan fingerprint density at radius 2 is 2.12 bits per heavy atom. The molecule has 0 spiro atoms. The third-order valence-electron chi connectivity index (χ3n) is 2.26. The topological polar surface area (TPSA) is 67.8 Å². The van der Waals surface area contributed by atoms with Gasteiger partial charge >= 0.3 is 5.97 Å². The van der Waals surface area contributed by atoms with Gasteiger partial charge in [0.15, 0.2) is 0 Å². The van der Waals surface area contributed by atoms with Gasteiger partial charge in [0.25, 0.3) is 0 Å². The van der Waals surface area contributed by atoms with Gasteiger partial charge in [-0.25, -0.2) is 4.79 Å². The van der Waals surface area contributed by atoms with Crippen molar-refractivity contribution >= 4 is 5.97 Å². The monoisotopic (exact) mass is 239 g/mol. The second-order valence-corrected chi connectivity index (χ2v) is 3.54. The van der Waals surface area contributed by atoms with Gasteiger partial charge in [0.2, 0.25) is 0 Å². The van der Waals surface area contributed by atoms with Gasteiger partial charge < -0.3 is 19.9 Å². The van der Waals surface area contributed by atoms with E-state index in [0.29, 0.717) is 18.9 Å². The zero-order chi connectivity index (χ0) is 12.7. The number of methoxy groups -OCH3 is 2. The molecule has 0 amide bonds. The van der Waals surface area contributed by atoms with E-state index in [-0.39, 0.29) is 5.56 Å². The molecule has 1 rings (SSSR count). The number of rotatable bonds is 7. The Kier molecular flexibility index (Phi) is 5.45. The normalized spacial score (nSPS) is 10.2. The fourth-order valence-electron chi connectivity index (χ4n) is 1.41. The molecule has 0 atom stereocenters. The molecule has 0 aliphatic rings. The van der Waals surface area contributed by atoms with Crippen LogP contribution in [0.1, 0.15) is 15.9 Å². The van der Waals surface area contributed by atoms with E-state index in [1.165, 1.54) is 13.2 Å². The first-order chi connectivity index (χ1) is 8.17. The van der Waals surface area contributed by atoms with Crippen molar-refractivity contribution in [3.05, 3.63) is 29.3 Å². The summed E-state index contributed by atoms with van der Waals surface area (Å²) in [5, 5.41) is 12.1. The molecule has 0 aliphatic heterocycles. The number of carbonyl (C=O) groups is 1. The summed E-state index contributed by atoms with van der Waals surface area (Å²) in [6.45, 7) is 1.92. The van der Waals surface area contributed by atoms with E-state index in [2.05, 4.69) is 5.32 Å². The van der Waals surface area contributed by atoms with E-state index < -0.39 is 5.97 Å². The molecular formula is C12H17NO4. The fraction of sp³-hybridized carbons (Fsp3) is 0.417. The average Bonchev–Trinajstić information content (AvgIpc) is 2.34. The van der Waals surface area contributed by atoms with Crippen LogP contribution in [0.4, 0.5) is 0 Å². The van der Waals surface area contributed by atoms with E-state index in [0.717, 1.165) is 12.1 Å². The SMILES string of the molecule is COCCNCc1cc(OC)cc(C(=O)O)c1. The Bertz CT molecular complexity index is 379. The summed E-state index contributed by atoms with van der Waals surface area (Å²) in [5.74, 6) is -0.407. The molecule has 94 valence electrons. The van der Waals surface area contributed by atoms with Gasteiger partial charge in [-0.1, -0.05) is 0 Å². The van der Waals surface area contributed by atoms with Crippen LogP contribution in [0.15, 0.2) is 18.2 Å². The highest BCUT2D eigenvalue weighted by Crippen LogP contribution is 2.17. The summed E-state index contributed by atoms with van der Waals surface area (Å²) in [4.78, 5) is 10.9. The maximum atomic E-state index is 10.9. The lowest BCUT2D eigenvalue weighted by molar-refractivity contribution is 0.0696. The number of hydrogen-bond donors (Lipinski definition) is 2. The average molecular weight is 239 g/mol. The Labute approximate surface area is 100 Å². The van der Waals surface area contributed by atoms with Crippen molar-refractivity contribution in [1.29, 1.82) is 0 Å². The second-order valence-electron chi connectivity index (χ2n) is 3.54. The van der Waals surface area contributed by atoms with Crippen molar-refractivity contribution in [1.82, 2.24) is 5.32 Å². The third kappa shape index (κ3) is 4.42. The minimum absolute atomic E-state index is 0.230. The van der Waals surface area contributed by atoms with Gasteiger partial charge in [-0.2, -0.15) is 0 Å². The summed E-state index contributed by atoms with van der Waals surface area (Å²) in [5.41, 5.74) is 1.10. The van der Waals surface area contributed by atoms with Crippen molar-refractivity contribution in [2.45, 2.75) is 6.54 Å². The molecule has 17 heavy (non-hydrogen) atoms. The zero-order valence-corrected chi connectivity index (χ0v) is 10.0. The van der Waals surface area contributed by atoms with E-state index >= 15 is 0 Å². The Morgan fingerprint density at radius 3 is 2.71 bits per heavy atom. The molecule has 0 unspecified atom stereocenters. The van der Waals surface area contributed by atoms with Crippen molar-refractivity contribution in [3.63, 3.8) is 0 Å². The molecule has 0 saturated carbocycles. The third-order valence-corrected chi connectivity index (χ3v) is 2.26. The standard InChI is InChI=1S/C12H17NO4/c1-16-4-3-13-8-9-5-10(12(14)15)7-11(6-9)17-2/h5-7,13H,3-4,8H2,1-2H3,(H,14,15). The molecule has 0 saturated heterocycles. The van der Waals surface area contributed by atoms with Crippen LogP contribution in [0.2, 0.25) is 0 Å². The summed E-state index contributed by atoms with van der Waals surface area (Å²) in [6.07, 6.45) is 0. The van der Waals surface area contributed by atoms with Crippen LogP contribution in [0.3, 0.4) is 0 Å². The molecule has 0 radical (unpaired) electrons. The molecule has 2 N–H and O–H groups in total. The van der Waals surface area contributed by atoms with Crippen molar-refractivity contribution in [2.75, 3.05) is 27.4 Å². The highest BCUT2D eigenvalue weighted by Gasteiger charge is 2.07. The van der Waals surface area contributed by atoms with Crippen LogP contribution in [0, 0.1) is 0 Å². The van der Waals surface area contributed by atoms with E-state index in [1.54, 1.807) is 13.2 Å². The van der Waals surface area contributed by atoms with Crippen LogP contribution in [-0.2, 0) is 11.3 Å². The lowest BCUT2D eigenvalue weighted by atomic mass is 10.1. The quantitative estimate of drug-likeness (QED) is 0.698. The fourth-order valence-corrected chi connectivity index (χ4v) is 1.41. The number of benzene rings is 1. The predicted octanol–water partition coefficient (Wildman–Crippen LogP) is 1.13. The van der Waals surface area contributed by atoms with Crippen LogP contribution in [0.5, 0.6) is 5.75 Å². The van der Waals surface area contributed by atoms with E-state index in [4.69, 9.17) is 14.6 Å². The van der Waals surface area contributed by atoms with Crippen LogP contribution in [-0.4, -0.2) is 38.4 Å². The zero-order valence-electron chi connectivity index (χ0n) is 10.0. The van der Waals surface area contributed by atoms with Gasteiger partial charge in [0.05, 0.1) is 19.3 Å². The van der Waals surface area contributed by atoms with Gasteiger partial charge in [-0.05, 0) is 23.8 Å². The van der Waals surface area contributed by atoms with Crippen LogP contribution in [0.25, 0.3) is 0 Å². The summed E-state index contributed by atoms with van der Waals surface area (Å²) >= 11 is 0. The number of nitrogens with one attached hydrogen (secondary N) is 1. The molecule has 0 heterocycles. The van der Waals surface area contributed by atoms with Gasteiger partial charge in [-0.15, -0.1) is 0 Å². The van der Waals surface area contributed by atoms with Gasteiger partial charge in [-0.3, -0.25) is 0 Å². The molecule has 0 bridgehead atoms. The number of carboxylic acid groups (broad SMARTS) is 1. The second kappa shape index (κ2) is 6.88. The van der Waals surface area contributed by atoms with Crippen LogP contribution >= 0.6 is 0 Å². The molecule has 5 heteroatoms. The maximum absolute atomic E-state index is 10.9. The van der Waals surface area contributed by atoms with Crippen molar-refractivity contribution in [3.8, 4) is 5.75 Å². The number of carboxylic acids is 1. The molecule has 0 fully saturated rings. The lowest BCUT2D eigenvalue weighted by Crippen LogP contribution is -2.18. The van der Waals surface area contributed by atoms with E-state index in [1.807, 2.05) is 6.07 Å². The number of hydrogen-bond acceptors (Lipinski definition) is 4. The predicted molar refractivity (Wildman–Crippen MR) is 63.5 cm³/mol. The van der Waals surface area contributed by atoms with Gasteiger partial charge in [0, 0.05) is 20.2 Å². The Morgan fingerprint density at radius 1 is 1.35 bits per heavy atom. The number of aromatic carboxylic acids is 1. The highest BCUT2D eigenvalue weighted by molar-refractivity contribution is 5.88. The summed E-state index contributed by atoms with van der Waals surface area (Å²) in [7, 11) is 3.15. The largest absolute Gasteiger partial charge is 0.497 e. The summed E-state index contributed by atoms with van der Waals surface area (Å²) < 4.78 is 9.96. The lowest BCUT2D eigenvalue weighted by Gasteiger charge is -2.08. The minimum atomic E-state index is -0.956. The molecule has 1 aromatic carbocycles. The summed E-state index contributed by atoms with van der Waals surface area (Å²) in [6, 6.07) is 4.94. The van der Waals surface area contributed by atoms with E-state index in [9.17, 15) is 4.79 Å². The molecule has 0 aliphatic carbocycles. The molecular weight excluding hydrogens is 222 g/mol. The van der Waals surface area contributed by atoms with Crippen molar-refractivity contribution in [2.24, 2.45) is 0 Å². The van der Waals surface area contributed by atoms with Gasteiger partial charge in [0.1, 0.15) is 5.75 Å². The maximum Gasteiger partial charge on any atom is 0.335 e. The molecule has 0 aromatic heterocycles. The Hall–Kier alpha value is -1.59. The first kappa shape index (κ1) is 13.5. The van der Waals surface area contributed by atoms with Crippen LogP contribution < -0.4 is 10.1 Å². The molecule has 5 nitrogen and oxygen atoms in total. The minimum Gasteiger partial charge on any atom is -0.497 e. The Balaban J connectivity index is 2.70. The first-order valence-electron chi connectivity index (χ1n) is 5.28. The smallest absolute Gasteiger partial charge is 0.335 e. The highest BCUT2D eigenvalue weighted by atomic mass is 16.5.